The first-order chi connectivity index (χ1) is 16.6. The molecule has 0 aromatic carbocycles. The van der Waals surface area contributed by atoms with Crippen LogP contribution in [-0.2, 0) is 13.8 Å². The number of nitrogens with zero attached hydrogens (tertiary/aromatic N) is 2. The van der Waals surface area contributed by atoms with Gasteiger partial charge in [0.05, 0.1) is 25.7 Å². The van der Waals surface area contributed by atoms with Crippen molar-refractivity contribution in [3.63, 3.8) is 0 Å². The summed E-state index contributed by atoms with van der Waals surface area (Å²) in [7, 11) is 2.74. The minimum absolute atomic E-state index is 0.345. The third-order valence-corrected chi connectivity index (χ3v) is 11.0. The Bertz CT molecular complexity index is 624. The van der Waals surface area contributed by atoms with Crippen LogP contribution in [0.4, 0.5) is 0 Å². The molecule has 0 bridgehead atoms. The van der Waals surface area contributed by atoms with Gasteiger partial charge in [-0.05, 0) is 77.6 Å². The summed E-state index contributed by atoms with van der Waals surface area (Å²) in [4.78, 5) is 0. The fraction of sp³-hybridized carbons (Fsp3) is 0.885. The van der Waals surface area contributed by atoms with Gasteiger partial charge in [-0.15, -0.1) is 11.8 Å². The van der Waals surface area contributed by atoms with Crippen LogP contribution in [-0.4, -0.2) is 54.7 Å². The molecule has 8 heteroatoms. The molecular formula is C26H45N2O3PS2. The smallest absolute Gasteiger partial charge is 0.259 e. The molecule has 194 valence electrons. The largest absolute Gasteiger partial charge is 0.381 e. The number of hydrogen-bond donors (Lipinski definition) is 0. The predicted molar refractivity (Wildman–Crippen MR) is 147 cm³/mol. The van der Waals surface area contributed by atoms with E-state index in [-0.39, 0.29) is 0 Å². The predicted octanol–water partition coefficient (Wildman–Crippen LogP) is 7.29. The Kier molecular flexibility index (Phi) is 16.3. The molecule has 2 aliphatic rings. The Morgan fingerprint density at radius 1 is 0.912 bits per heavy atom. The molecule has 0 radical (unpaired) electrons. The van der Waals surface area contributed by atoms with Crippen molar-refractivity contribution in [1.82, 2.24) is 4.67 Å². The monoisotopic (exact) mass is 528 g/mol. The van der Waals surface area contributed by atoms with E-state index in [4.69, 9.17) is 19.0 Å². The van der Waals surface area contributed by atoms with Crippen LogP contribution < -0.4 is 0 Å². The number of ether oxygens (including phenoxy) is 1. The van der Waals surface area contributed by atoms with Crippen molar-refractivity contribution in [2.75, 3.05) is 37.9 Å². The molecule has 0 amide bonds. The van der Waals surface area contributed by atoms with Gasteiger partial charge in [0, 0.05) is 49.6 Å². The molecule has 2 aliphatic carbocycles. The topological polar surface area (TPSA) is 54.7 Å². The second-order valence-electron chi connectivity index (χ2n) is 9.55. The van der Waals surface area contributed by atoms with Crippen LogP contribution in [0.15, 0.2) is 0 Å². The van der Waals surface area contributed by atoms with Crippen molar-refractivity contribution < 1.29 is 13.8 Å². The highest BCUT2D eigenvalue weighted by molar-refractivity contribution is 8.76. The lowest BCUT2D eigenvalue weighted by atomic mass is 10.1. The van der Waals surface area contributed by atoms with Crippen LogP contribution in [0, 0.1) is 40.9 Å². The number of hydrogen-bond acceptors (Lipinski definition) is 7. The summed E-state index contributed by atoms with van der Waals surface area (Å²) < 4.78 is 20.3. The van der Waals surface area contributed by atoms with Crippen LogP contribution in [0.3, 0.4) is 0 Å². The molecule has 34 heavy (non-hydrogen) atoms. The van der Waals surface area contributed by atoms with E-state index < -0.39 is 8.53 Å². The Labute approximate surface area is 218 Å². The Morgan fingerprint density at radius 3 is 2.09 bits per heavy atom. The van der Waals surface area contributed by atoms with Crippen molar-refractivity contribution in [3.8, 4) is 17.9 Å². The van der Waals surface area contributed by atoms with Gasteiger partial charge < -0.3 is 13.8 Å². The molecule has 4 atom stereocenters. The molecule has 0 aliphatic heterocycles. The number of rotatable bonds is 19. The van der Waals surface area contributed by atoms with E-state index in [1.165, 1.54) is 19.3 Å². The summed E-state index contributed by atoms with van der Waals surface area (Å²) in [5.41, 5.74) is 0. The molecule has 2 unspecified atom stereocenters. The SMILES string of the molecule is CC(C)N(C(C)C)P(OCCC#N)OCCCSSCCCOCCC1[C@H]2CCC#CCC[C@@H]12. The Balaban J connectivity index is 1.43. The van der Waals surface area contributed by atoms with E-state index >= 15 is 0 Å². The average molecular weight is 529 g/mol. The maximum atomic E-state index is 8.80. The summed E-state index contributed by atoms with van der Waals surface area (Å²) in [6.07, 6.45) is 8.60. The van der Waals surface area contributed by atoms with Gasteiger partial charge in [-0.2, -0.15) is 5.26 Å². The second-order valence-corrected chi connectivity index (χ2v) is 13.7. The van der Waals surface area contributed by atoms with Gasteiger partial charge in [-0.1, -0.05) is 21.6 Å². The van der Waals surface area contributed by atoms with Gasteiger partial charge in [-0.3, -0.25) is 0 Å². The zero-order valence-corrected chi connectivity index (χ0v) is 24.2. The van der Waals surface area contributed by atoms with Gasteiger partial charge >= 0.3 is 0 Å². The van der Waals surface area contributed by atoms with Gasteiger partial charge in [-0.25, -0.2) is 4.67 Å². The summed E-state index contributed by atoms with van der Waals surface area (Å²) in [5.74, 6) is 11.6. The molecule has 0 aromatic heterocycles. The standard InChI is InChI=1S/C26H45N2O3PS2/c1-22(2)28(23(3)4)32(30-17-9-15-27)31-18-11-21-34-33-20-10-16-29-19-14-26-24-12-7-5-6-8-13-25(24)26/h22-26H,7-14,16-21H2,1-4H3/t24-,25+,26?,32?. The molecular weight excluding hydrogens is 483 g/mol. The van der Waals surface area contributed by atoms with Crippen molar-refractivity contribution in [3.05, 3.63) is 0 Å². The van der Waals surface area contributed by atoms with Gasteiger partial charge in [0.15, 0.2) is 0 Å². The van der Waals surface area contributed by atoms with Crippen LogP contribution >= 0.6 is 30.1 Å². The lowest BCUT2D eigenvalue weighted by Crippen LogP contribution is -2.33. The van der Waals surface area contributed by atoms with Crippen LogP contribution in [0.2, 0.25) is 0 Å². The van der Waals surface area contributed by atoms with Gasteiger partial charge in [0.2, 0.25) is 0 Å². The van der Waals surface area contributed by atoms with Crippen molar-refractivity contribution in [1.29, 1.82) is 5.26 Å². The first kappa shape index (κ1) is 30.2. The fourth-order valence-electron chi connectivity index (χ4n) is 4.70. The maximum Gasteiger partial charge on any atom is 0.259 e. The molecule has 0 aromatic rings. The average Bonchev–Trinajstić information content (AvgIpc) is 3.42. The highest BCUT2D eigenvalue weighted by Crippen LogP contribution is 2.54. The summed E-state index contributed by atoms with van der Waals surface area (Å²) >= 11 is 0. The molecule has 2 rings (SSSR count). The van der Waals surface area contributed by atoms with Crippen LogP contribution in [0.25, 0.3) is 0 Å². The lowest BCUT2D eigenvalue weighted by molar-refractivity contribution is 0.127. The van der Waals surface area contributed by atoms with Crippen LogP contribution in [0.5, 0.6) is 0 Å². The second kappa shape index (κ2) is 18.3. The Hall–Kier alpha value is 0.0200. The molecule has 0 spiro atoms. The van der Waals surface area contributed by atoms with E-state index in [0.29, 0.717) is 31.7 Å². The van der Waals surface area contributed by atoms with Crippen molar-refractivity contribution in [2.45, 2.75) is 91.1 Å². The normalized spacial score (nSPS) is 22.6. The number of fused-ring (bicyclic) bond motifs is 1. The van der Waals surface area contributed by atoms with E-state index in [2.05, 4.69) is 50.3 Å². The summed E-state index contributed by atoms with van der Waals surface area (Å²) in [6, 6.07) is 2.84. The van der Waals surface area contributed by atoms with E-state index in [1.54, 1.807) is 0 Å². The molecule has 0 saturated heterocycles. The van der Waals surface area contributed by atoms with Crippen LogP contribution in [0.1, 0.15) is 79.1 Å². The first-order valence-corrected chi connectivity index (χ1v) is 16.7. The minimum atomic E-state index is -1.12. The molecule has 1 fully saturated rings. The third-order valence-electron chi connectivity index (χ3n) is 6.27. The molecule has 0 heterocycles. The molecule has 5 nitrogen and oxygen atoms in total. The summed E-state index contributed by atoms with van der Waals surface area (Å²) in [6.45, 7) is 11.6. The summed E-state index contributed by atoms with van der Waals surface area (Å²) in [5, 5.41) is 8.80. The molecule has 1 saturated carbocycles. The number of nitriles is 1. The van der Waals surface area contributed by atoms with E-state index in [9.17, 15) is 0 Å². The van der Waals surface area contributed by atoms with E-state index in [1.807, 2.05) is 21.6 Å². The van der Waals surface area contributed by atoms with Gasteiger partial charge in [0.1, 0.15) is 0 Å². The van der Waals surface area contributed by atoms with Crippen molar-refractivity contribution >= 4 is 30.1 Å². The fourth-order valence-corrected chi connectivity index (χ4v) is 8.45. The zero-order chi connectivity index (χ0) is 24.6. The Morgan fingerprint density at radius 2 is 1.50 bits per heavy atom. The quantitative estimate of drug-likeness (QED) is 0.0755. The zero-order valence-electron chi connectivity index (χ0n) is 21.7. The first-order valence-electron chi connectivity index (χ1n) is 13.0. The minimum Gasteiger partial charge on any atom is -0.381 e. The highest BCUT2D eigenvalue weighted by atomic mass is 33.1. The molecule has 0 N–H and O–H groups in total. The third kappa shape index (κ3) is 11.8. The highest BCUT2D eigenvalue weighted by Gasteiger charge is 2.47. The van der Waals surface area contributed by atoms with Gasteiger partial charge in [0.25, 0.3) is 8.53 Å². The van der Waals surface area contributed by atoms with Crippen molar-refractivity contribution in [2.24, 2.45) is 17.8 Å². The van der Waals surface area contributed by atoms with E-state index in [0.717, 1.165) is 68.2 Å². The maximum absolute atomic E-state index is 8.80. The lowest BCUT2D eigenvalue weighted by Gasteiger charge is -2.35.